The molecule has 6 nitrogen and oxygen atoms in total. The van der Waals surface area contributed by atoms with Crippen LogP contribution in [0.25, 0.3) is 0 Å². The van der Waals surface area contributed by atoms with E-state index in [1.807, 2.05) is 12.1 Å². The normalized spacial score (nSPS) is 28.3. The van der Waals surface area contributed by atoms with Crippen molar-refractivity contribution >= 4 is 11.4 Å². The van der Waals surface area contributed by atoms with Crippen molar-refractivity contribution in [3.63, 3.8) is 0 Å². The highest BCUT2D eigenvalue weighted by Gasteiger charge is 2.39. The summed E-state index contributed by atoms with van der Waals surface area (Å²) < 4.78 is 5.15. The zero-order valence-electron chi connectivity index (χ0n) is 12.2. The van der Waals surface area contributed by atoms with Gasteiger partial charge in [0.2, 0.25) is 0 Å². The van der Waals surface area contributed by atoms with Gasteiger partial charge >= 0.3 is 5.69 Å². The fourth-order valence-electron chi connectivity index (χ4n) is 3.78. The van der Waals surface area contributed by atoms with Crippen molar-refractivity contribution in [3.8, 4) is 5.75 Å². The van der Waals surface area contributed by atoms with E-state index in [9.17, 15) is 10.1 Å². The Morgan fingerprint density at radius 1 is 1.33 bits per heavy atom. The van der Waals surface area contributed by atoms with Gasteiger partial charge in [-0.05, 0) is 43.2 Å². The minimum Gasteiger partial charge on any atom is -0.490 e. The number of hydrogen-bond acceptors (Lipinski definition) is 5. The van der Waals surface area contributed by atoms with E-state index in [4.69, 9.17) is 10.5 Å². The fourth-order valence-corrected chi connectivity index (χ4v) is 3.78. The van der Waals surface area contributed by atoms with E-state index in [1.165, 1.54) is 7.11 Å². The van der Waals surface area contributed by atoms with Crippen LogP contribution in [0, 0.1) is 22.0 Å². The molecule has 2 fully saturated rings. The highest BCUT2D eigenvalue weighted by atomic mass is 16.6. The molecular formula is C15H21N3O3. The maximum atomic E-state index is 11.4. The van der Waals surface area contributed by atoms with E-state index >= 15 is 0 Å². The summed E-state index contributed by atoms with van der Waals surface area (Å²) in [7, 11) is 1.47. The van der Waals surface area contributed by atoms with E-state index in [0.717, 1.165) is 32.4 Å². The topological polar surface area (TPSA) is 81.6 Å². The van der Waals surface area contributed by atoms with Crippen LogP contribution in [-0.4, -0.2) is 31.2 Å². The van der Waals surface area contributed by atoms with E-state index in [2.05, 4.69) is 4.90 Å². The summed E-state index contributed by atoms with van der Waals surface area (Å²) in [6.45, 7) is 1.73. The van der Waals surface area contributed by atoms with Crippen LogP contribution in [0.15, 0.2) is 18.2 Å². The van der Waals surface area contributed by atoms with Crippen LogP contribution < -0.4 is 15.4 Å². The summed E-state index contributed by atoms with van der Waals surface area (Å²) in [4.78, 5) is 13.2. The van der Waals surface area contributed by atoms with Gasteiger partial charge < -0.3 is 15.4 Å². The average molecular weight is 291 g/mol. The lowest BCUT2D eigenvalue weighted by Gasteiger charge is -2.27. The largest absolute Gasteiger partial charge is 0.490 e. The second kappa shape index (κ2) is 5.52. The maximum absolute atomic E-state index is 11.4. The molecule has 1 aromatic rings. The number of anilines is 1. The van der Waals surface area contributed by atoms with Crippen LogP contribution in [0.5, 0.6) is 5.75 Å². The number of methoxy groups -OCH3 is 1. The maximum Gasteiger partial charge on any atom is 0.333 e. The Labute approximate surface area is 124 Å². The highest BCUT2D eigenvalue weighted by molar-refractivity contribution is 5.70. The van der Waals surface area contributed by atoms with Crippen LogP contribution in [-0.2, 0) is 0 Å². The molecule has 0 bridgehead atoms. The monoisotopic (exact) mass is 291 g/mol. The van der Waals surface area contributed by atoms with Gasteiger partial charge in [0, 0.05) is 19.1 Å². The van der Waals surface area contributed by atoms with Gasteiger partial charge in [-0.25, -0.2) is 0 Å². The number of nitro benzene ring substituents is 1. The average Bonchev–Trinajstić information content (AvgIpc) is 2.89. The number of hydrogen-bond donors (Lipinski definition) is 1. The number of nitrogens with zero attached hydrogens (tertiary/aromatic N) is 2. The third kappa shape index (κ3) is 2.55. The Kier molecular flexibility index (Phi) is 3.71. The molecule has 114 valence electrons. The van der Waals surface area contributed by atoms with Crippen molar-refractivity contribution in [2.45, 2.75) is 25.3 Å². The Morgan fingerprint density at radius 3 is 2.81 bits per heavy atom. The predicted molar refractivity (Wildman–Crippen MR) is 80.7 cm³/mol. The van der Waals surface area contributed by atoms with Crippen molar-refractivity contribution in [1.29, 1.82) is 0 Å². The van der Waals surface area contributed by atoms with Crippen molar-refractivity contribution < 1.29 is 9.66 Å². The first kappa shape index (κ1) is 14.1. The molecule has 3 atom stereocenters. The van der Waals surface area contributed by atoms with Crippen molar-refractivity contribution in [3.05, 3.63) is 28.3 Å². The van der Waals surface area contributed by atoms with Crippen LogP contribution >= 0.6 is 0 Å². The number of nitrogens with two attached hydrogens (primary N) is 1. The fraction of sp³-hybridized carbons (Fsp3) is 0.600. The lowest BCUT2D eigenvalue weighted by Crippen LogP contribution is -2.32. The molecule has 6 heteroatoms. The molecule has 0 spiro atoms. The number of ether oxygens (including phenoxy) is 1. The van der Waals surface area contributed by atoms with Gasteiger partial charge in [0.25, 0.3) is 0 Å². The lowest BCUT2D eigenvalue weighted by molar-refractivity contribution is -0.385. The van der Waals surface area contributed by atoms with Crippen molar-refractivity contribution in [1.82, 2.24) is 0 Å². The van der Waals surface area contributed by atoms with Gasteiger partial charge in [-0.15, -0.1) is 0 Å². The SMILES string of the molecule is COc1cccc(N2C[C@H]3CCC(N)C[C@H]3C2)c1[N+](=O)[O-]. The molecule has 2 N–H and O–H groups in total. The zero-order valence-corrected chi connectivity index (χ0v) is 12.2. The Balaban J connectivity index is 1.90. The number of nitro groups is 1. The molecule has 21 heavy (non-hydrogen) atoms. The van der Waals surface area contributed by atoms with Crippen LogP contribution in [0.1, 0.15) is 19.3 Å². The van der Waals surface area contributed by atoms with Gasteiger partial charge in [0.15, 0.2) is 5.75 Å². The first-order valence-electron chi connectivity index (χ1n) is 7.42. The van der Waals surface area contributed by atoms with E-state index in [-0.39, 0.29) is 16.7 Å². The predicted octanol–water partition coefficient (Wildman–Crippen LogP) is 2.17. The standard InChI is InChI=1S/C15H21N3O3/c1-21-14-4-2-3-13(15(14)18(19)20)17-8-10-5-6-12(16)7-11(10)9-17/h2-4,10-12H,5-9,16H2,1H3/t10-,11+,12?/m1/s1. The van der Waals surface area contributed by atoms with E-state index in [0.29, 0.717) is 23.3 Å². The highest BCUT2D eigenvalue weighted by Crippen LogP contribution is 2.43. The number of rotatable bonds is 3. The van der Waals surface area contributed by atoms with Crippen molar-refractivity contribution in [2.75, 3.05) is 25.1 Å². The molecule has 1 aliphatic carbocycles. The molecule has 0 aromatic heterocycles. The molecule has 2 aliphatic rings. The molecule has 1 unspecified atom stereocenters. The number of benzene rings is 1. The Hall–Kier alpha value is -1.82. The van der Waals surface area contributed by atoms with Crippen molar-refractivity contribution in [2.24, 2.45) is 17.6 Å². The van der Waals surface area contributed by atoms with Gasteiger partial charge in [-0.3, -0.25) is 10.1 Å². The van der Waals surface area contributed by atoms with Gasteiger partial charge in [-0.1, -0.05) is 6.07 Å². The molecule has 0 radical (unpaired) electrons. The summed E-state index contributed by atoms with van der Waals surface area (Å²) in [5.41, 5.74) is 6.79. The second-order valence-electron chi connectivity index (χ2n) is 6.08. The van der Waals surface area contributed by atoms with E-state index in [1.54, 1.807) is 6.07 Å². The van der Waals surface area contributed by atoms with Crippen LogP contribution in [0.3, 0.4) is 0 Å². The third-order valence-corrected chi connectivity index (χ3v) is 4.81. The molecular weight excluding hydrogens is 270 g/mol. The molecule has 1 aliphatic heterocycles. The zero-order chi connectivity index (χ0) is 15.0. The summed E-state index contributed by atoms with van der Waals surface area (Å²) in [6, 6.07) is 5.56. The lowest BCUT2D eigenvalue weighted by atomic mass is 9.79. The first-order chi connectivity index (χ1) is 10.1. The summed E-state index contributed by atoms with van der Waals surface area (Å²) in [5.74, 6) is 1.49. The van der Waals surface area contributed by atoms with Gasteiger partial charge in [0.1, 0.15) is 5.69 Å². The molecule has 1 heterocycles. The van der Waals surface area contributed by atoms with Gasteiger partial charge in [-0.2, -0.15) is 0 Å². The summed E-state index contributed by atoms with van der Waals surface area (Å²) in [6.07, 6.45) is 3.22. The van der Waals surface area contributed by atoms with Crippen LogP contribution in [0.2, 0.25) is 0 Å². The Morgan fingerprint density at radius 2 is 2.10 bits per heavy atom. The minimum absolute atomic E-state index is 0.0722. The summed E-state index contributed by atoms with van der Waals surface area (Å²) >= 11 is 0. The van der Waals surface area contributed by atoms with E-state index < -0.39 is 0 Å². The molecule has 1 aromatic carbocycles. The van der Waals surface area contributed by atoms with Crippen LogP contribution in [0.4, 0.5) is 11.4 Å². The van der Waals surface area contributed by atoms with Gasteiger partial charge in [0.05, 0.1) is 12.0 Å². The number of fused-ring (bicyclic) bond motifs is 1. The second-order valence-corrected chi connectivity index (χ2v) is 6.08. The first-order valence-corrected chi connectivity index (χ1v) is 7.42. The third-order valence-electron chi connectivity index (χ3n) is 4.81. The minimum atomic E-state index is -0.345. The number of para-hydroxylation sites is 1. The smallest absolute Gasteiger partial charge is 0.333 e. The summed E-state index contributed by atoms with van der Waals surface area (Å²) in [5, 5.41) is 11.4. The Bertz CT molecular complexity index is 549. The molecule has 1 saturated heterocycles. The quantitative estimate of drug-likeness (QED) is 0.681. The molecule has 1 saturated carbocycles. The molecule has 0 amide bonds. The molecule has 3 rings (SSSR count).